The van der Waals surface area contributed by atoms with Crippen LogP contribution in [0.5, 0.6) is 5.75 Å². The number of halogens is 1. The zero-order valence-electron chi connectivity index (χ0n) is 17.6. The summed E-state index contributed by atoms with van der Waals surface area (Å²) in [6.45, 7) is 3.12. The lowest BCUT2D eigenvalue weighted by atomic mass is 9.97. The second-order valence-corrected chi connectivity index (χ2v) is 6.59. The lowest BCUT2D eigenvalue weighted by molar-refractivity contribution is -0.282. The molecule has 0 aliphatic carbocycles. The van der Waals surface area contributed by atoms with Gasteiger partial charge in [0.2, 0.25) is 12.4 Å². The molecule has 1 heterocycles. The van der Waals surface area contributed by atoms with Gasteiger partial charge in [0, 0.05) is 20.8 Å². The first-order chi connectivity index (χ1) is 15.1. The number of rotatable bonds is 7. The minimum absolute atomic E-state index is 0.181. The molecule has 1 aromatic rings. The predicted octanol–water partition coefficient (Wildman–Crippen LogP) is 0.710. The summed E-state index contributed by atoms with van der Waals surface area (Å²) in [4.78, 5) is 58.7. The number of hydrogen-bond acceptors (Lipinski definition) is 11. The van der Waals surface area contributed by atoms with Crippen molar-refractivity contribution in [1.82, 2.24) is 0 Å². The molecule has 5 atom stereocenters. The molecular formula is C20H21FO11. The highest BCUT2D eigenvalue weighted by molar-refractivity contribution is 5.79. The number of methoxy groups -OCH3 is 1. The summed E-state index contributed by atoms with van der Waals surface area (Å²) in [5.74, 6) is -4.48. The number of aldehydes is 1. The van der Waals surface area contributed by atoms with Gasteiger partial charge >= 0.3 is 23.9 Å². The van der Waals surface area contributed by atoms with E-state index in [4.69, 9.17) is 23.7 Å². The monoisotopic (exact) mass is 456 g/mol. The van der Waals surface area contributed by atoms with Gasteiger partial charge in [0.25, 0.3) is 0 Å². The summed E-state index contributed by atoms with van der Waals surface area (Å²) in [6, 6.07) is 2.99. The fourth-order valence-corrected chi connectivity index (χ4v) is 3.02. The molecule has 0 aromatic heterocycles. The van der Waals surface area contributed by atoms with E-state index in [-0.39, 0.29) is 11.3 Å². The molecule has 0 amide bonds. The Balaban J connectivity index is 2.55. The highest BCUT2D eigenvalue weighted by Gasteiger charge is 2.55. The first kappa shape index (κ1) is 24.7. The summed E-state index contributed by atoms with van der Waals surface area (Å²) in [5.41, 5.74) is -0.212. The third-order valence-corrected chi connectivity index (χ3v) is 4.18. The van der Waals surface area contributed by atoms with Crippen molar-refractivity contribution in [2.45, 2.75) is 51.5 Å². The van der Waals surface area contributed by atoms with E-state index < -0.39 is 60.4 Å². The quantitative estimate of drug-likeness (QED) is 0.325. The Hall–Kier alpha value is -3.54. The molecule has 0 bridgehead atoms. The van der Waals surface area contributed by atoms with E-state index in [2.05, 4.69) is 4.74 Å². The molecule has 32 heavy (non-hydrogen) atoms. The van der Waals surface area contributed by atoms with Crippen molar-refractivity contribution in [2.24, 2.45) is 0 Å². The highest BCUT2D eigenvalue weighted by Crippen LogP contribution is 2.32. The number of carbonyl (C=O) groups excluding carboxylic acids is 5. The molecule has 1 saturated heterocycles. The van der Waals surface area contributed by atoms with Crippen molar-refractivity contribution < 1.29 is 56.8 Å². The lowest BCUT2D eigenvalue weighted by Gasteiger charge is -2.43. The topological polar surface area (TPSA) is 141 Å². The molecule has 0 unspecified atom stereocenters. The Labute approximate surface area is 181 Å². The molecule has 2 rings (SSSR count). The van der Waals surface area contributed by atoms with Crippen LogP contribution >= 0.6 is 0 Å². The lowest BCUT2D eigenvalue weighted by Crippen LogP contribution is -2.64. The van der Waals surface area contributed by atoms with Crippen molar-refractivity contribution >= 4 is 30.2 Å². The van der Waals surface area contributed by atoms with Gasteiger partial charge in [0.1, 0.15) is 11.6 Å². The molecule has 0 radical (unpaired) electrons. The Bertz CT molecular complexity index is 900. The van der Waals surface area contributed by atoms with Crippen LogP contribution in [0.3, 0.4) is 0 Å². The van der Waals surface area contributed by atoms with Crippen LogP contribution in [-0.2, 0) is 42.9 Å². The average molecular weight is 456 g/mol. The molecular weight excluding hydrogens is 435 g/mol. The van der Waals surface area contributed by atoms with Gasteiger partial charge in [-0.05, 0) is 18.2 Å². The SMILES string of the molecule is COC(=O)[C@H]1O[C@@H](Oc2ccc(F)cc2C=O)[C@H](OC(C)=O)[C@@H](OC(C)=O)[C@@H]1OC(C)=O. The number of hydrogen-bond donors (Lipinski definition) is 0. The van der Waals surface area contributed by atoms with Crippen LogP contribution in [0.15, 0.2) is 18.2 Å². The molecule has 0 N–H and O–H groups in total. The molecule has 1 aliphatic heterocycles. The number of carbonyl (C=O) groups is 5. The van der Waals surface area contributed by atoms with E-state index in [1.165, 1.54) is 0 Å². The first-order valence-corrected chi connectivity index (χ1v) is 9.23. The zero-order chi connectivity index (χ0) is 24.0. The Morgan fingerprint density at radius 3 is 2.03 bits per heavy atom. The number of ether oxygens (including phenoxy) is 6. The van der Waals surface area contributed by atoms with Crippen LogP contribution in [0, 0.1) is 5.82 Å². The smallest absolute Gasteiger partial charge is 0.339 e. The average Bonchev–Trinajstić information content (AvgIpc) is 2.71. The minimum atomic E-state index is -1.66. The van der Waals surface area contributed by atoms with Gasteiger partial charge in [-0.15, -0.1) is 0 Å². The van der Waals surface area contributed by atoms with Crippen LogP contribution in [0.1, 0.15) is 31.1 Å². The molecule has 0 saturated carbocycles. The van der Waals surface area contributed by atoms with Gasteiger partial charge in [-0.3, -0.25) is 19.2 Å². The molecule has 12 heteroatoms. The van der Waals surface area contributed by atoms with E-state index >= 15 is 0 Å². The van der Waals surface area contributed by atoms with E-state index in [0.29, 0.717) is 6.29 Å². The van der Waals surface area contributed by atoms with Crippen LogP contribution < -0.4 is 4.74 Å². The van der Waals surface area contributed by atoms with E-state index in [1.54, 1.807) is 0 Å². The van der Waals surface area contributed by atoms with E-state index in [1.807, 2.05) is 0 Å². The Kier molecular flexibility index (Phi) is 8.24. The summed E-state index contributed by atoms with van der Waals surface area (Å²) in [7, 11) is 1.04. The van der Waals surface area contributed by atoms with Crippen LogP contribution in [-0.4, -0.2) is 68.0 Å². The van der Waals surface area contributed by atoms with Crippen molar-refractivity contribution in [3.8, 4) is 5.75 Å². The van der Waals surface area contributed by atoms with Gasteiger partial charge in [0.05, 0.1) is 12.7 Å². The Morgan fingerprint density at radius 2 is 1.50 bits per heavy atom. The summed E-state index contributed by atoms with van der Waals surface area (Å²) < 4.78 is 44.8. The second-order valence-electron chi connectivity index (χ2n) is 6.59. The van der Waals surface area contributed by atoms with Gasteiger partial charge in [-0.2, -0.15) is 0 Å². The fourth-order valence-electron chi connectivity index (χ4n) is 3.02. The van der Waals surface area contributed by atoms with Crippen molar-refractivity contribution in [2.75, 3.05) is 7.11 Å². The van der Waals surface area contributed by atoms with Gasteiger partial charge in [-0.1, -0.05) is 0 Å². The second kappa shape index (κ2) is 10.7. The molecule has 1 aromatic carbocycles. The van der Waals surface area contributed by atoms with Crippen molar-refractivity contribution in [3.63, 3.8) is 0 Å². The summed E-state index contributed by atoms with van der Waals surface area (Å²) >= 11 is 0. The van der Waals surface area contributed by atoms with Crippen molar-refractivity contribution in [1.29, 1.82) is 0 Å². The van der Waals surface area contributed by atoms with E-state index in [9.17, 15) is 28.4 Å². The van der Waals surface area contributed by atoms with E-state index in [0.717, 1.165) is 46.1 Å². The highest BCUT2D eigenvalue weighted by atomic mass is 19.1. The summed E-state index contributed by atoms with van der Waals surface area (Å²) in [5, 5.41) is 0. The Morgan fingerprint density at radius 1 is 0.938 bits per heavy atom. The van der Waals surface area contributed by atoms with Crippen LogP contribution in [0.2, 0.25) is 0 Å². The standard InChI is InChI=1S/C20H21FO11/c1-9(23)28-15-16(29-10(2)24)18(30-11(3)25)20(32-17(15)19(26)27-4)31-14-6-5-13(21)7-12(14)8-22/h5-8,15-18,20H,1-4H3/t15-,16-,17-,18+,20+/m0/s1. The fraction of sp³-hybridized carbons (Fsp3) is 0.450. The number of benzene rings is 1. The maximum atomic E-state index is 13.5. The third kappa shape index (κ3) is 6.00. The summed E-state index contributed by atoms with van der Waals surface area (Å²) in [6.07, 6.45) is -7.67. The molecule has 1 fully saturated rings. The molecule has 11 nitrogen and oxygen atoms in total. The molecule has 174 valence electrons. The maximum absolute atomic E-state index is 13.5. The van der Waals surface area contributed by atoms with Gasteiger partial charge < -0.3 is 28.4 Å². The van der Waals surface area contributed by atoms with Crippen LogP contribution in [0.25, 0.3) is 0 Å². The first-order valence-electron chi connectivity index (χ1n) is 9.23. The van der Waals surface area contributed by atoms with Crippen LogP contribution in [0.4, 0.5) is 4.39 Å². The zero-order valence-corrected chi connectivity index (χ0v) is 17.6. The largest absolute Gasteiger partial charge is 0.467 e. The molecule has 1 aliphatic rings. The predicted molar refractivity (Wildman–Crippen MR) is 99.8 cm³/mol. The van der Waals surface area contributed by atoms with Gasteiger partial charge in [-0.25, -0.2) is 9.18 Å². The third-order valence-electron chi connectivity index (χ3n) is 4.18. The minimum Gasteiger partial charge on any atom is -0.467 e. The number of esters is 4. The normalized spacial score (nSPS) is 24.6. The maximum Gasteiger partial charge on any atom is 0.339 e. The molecule has 0 spiro atoms. The van der Waals surface area contributed by atoms with Crippen molar-refractivity contribution in [3.05, 3.63) is 29.6 Å². The van der Waals surface area contributed by atoms with Gasteiger partial charge in [0.15, 0.2) is 24.6 Å².